The molecule has 146 valence electrons. The maximum atomic E-state index is 10.2. The molecule has 0 aromatic rings. The second-order valence-electron chi connectivity index (χ2n) is 8.22. The third kappa shape index (κ3) is 4.45. The van der Waals surface area contributed by atoms with E-state index in [0.29, 0.717) is 0 Å². The first-order chi connectivity index (χ1) is 11.3. The highest BCUT2D eigenvalue weighted by Crippen LogP contribution is 2.41. The zero-order valence-electron chi connectivity index (χ0n) is 17.0. The Bertz CT molecular complexity index is 497. The fraction of sp³-hybridized carbons (Fsp3) is 0.889. The maximum absolute atomic E-state index is 10.2. The zero-order valence-corrected chi connectivity index (χ0v) is 18.0. The molecule has 0 saturated carbocycles. The van der Waals surface area contributed by atoms with Crippen LogP contribution in [0.2, 0.25) is 18.1 Å². The van der Waals surface area contributed by atoms with Crippen molar-refractivity contribution in [3.05, 3.63) is 0 Å². The van der Waals surface area contributed by atoms with Crippen molar-refractivity contribution in [1.82, 2.24) is 0 Å². The van der Waals surface area contributed by atoms with Crippen molar-refractivity contribution >= 4 is 8.32 Å². The summed E-state index contributed by atoms with van der Waals surface area (Å²) in [4.78, 5) is 0. The molecule has 0 spiro atoms. The molecule has 7 heteroatoms. The van der Waals surface area contributed by atoms with Gasteiger partial charge in [-0.1, -0.05) is 26.7 Å². The largest absolute Gasteiger partial charge is 0.414 e. The number of methoxy groups -OCH3 is 2. The minimum Gasteiger partial charge on any atom is -0.414 e. The minimum absolute atomic E-state index is 0.0500. The van der Waals surface area contributed by atoms with Crippen LogP contribution in [0.3, 0.4) is 0 Å². The Labute approximate surface area is 153 Å². The van der Waals surface area contributed by atoms with Crippen LogP contribution in [-0.2, 0) is 23.4 Å². The van der Waals surface area contributed by atoms with Crippen LogP contribution < -0.4 is 0 Å². The van der Waals surface area contributed by atoms with Gasteiger partial charge in [-0.05, 0) is 32.0 Å². The molecule has 0 amide bonds. The summed E-state index contributed by atoms with van der Waals surface area (Å²) in [6.07, 6.45) is 2.88. The van der Waals surface area contributed by atoms with Crippen molar-refractivity contribution in [2.75, 3.05) is 20.8 Å². The Hall–Kier alpha value is -0.463. The Morgan fingerprint density at radius 1 is 1.16 bits per heavy atom. The van der Waals surface area contributed by atoms with Crippen molar-refractivity contribution in [1.29, 1.82) is 0 Å². The molecular weight excluding hydrogens is 340 g/mol. The van der Waals surface area contributed by atoms with Crippen LogP contribution in [0.15, 0.2) is 0 Å². The lowest BCUT2D eigenvalue weighted by Gasteiger charge is -2.52. The summed E-state index contributed by atoms with van der Waals surface area (Å²) < 4.78 is 29.4. The lowest BCUT2D eigenvalue weighted by atomic mass is 10.0. The summed E-state index contributed by atoms with van der Waals surface area (Å²) in [7, 11) is 1.01. The van der Waals surface area contributed by atoms with Crippen molar-refractivity contribution in [3.63, 3.8) is 0 Å². The third-order valence-corrected chi connectivity index (χ3v) is 10.1. The topological polar surface area (TPSA) is 66.4 Å². The monoisotopic (exact) mass is 374 g/mol. The third-order valence-electron chi connectivity index (χ3n) is 5.60. The van der Waals surface area contributed by atoms with Crippen LogP contribution >= 0.6 is 0 Å². The van der Waals surface area contributed by atoms with Gasteiger partial charge in [-0.25, -0.2) is 0 Å². The number of aliphatic hydroxyl groups excluding tert-OH is 1. The summed E-state index contributed by atoms with van der Waals surface area (Å²) in [5.74, 6) is -0.0879. The Morgan fingerprint density at radius 3 is 2.04 bits per heavy atom. The van der Waals surface area contributed by atoms with E-state index in [0.717, 1.165) is 0 Å². The Kier molecular flexibility index (Phi) is 6.91. The lowest BCUT2D eigenvalue weighted by molar-refractivity contribution is -0.453. The molecule has 25 heavy (non-hydrogen) atoms. The van der Waals surface area contributed by atoms with Crippen molar-refractivity contribution in [2.45, 2.75) is 82.6 Å². The number of rotatable bonds is 6. The highest BCUT2D eigenvalue weighted by Gasteiger charge is 2.58. The molecule has 1 aliphatic rings. The molecule has 0 aliphatic carbocycles. The van der Waals surface area contributed by atoms with Crippen LogP contribution in [0.25, 0.3) is 0 Å². The van der Waals surface area contributed by atoms with Crippen LogP contribution in [0, 0.1) is 12.3 Å². The first-order valence-electron chi connectivity index (χ1n) is 8.51. The van der Waals surface area contributed by atoms with Crippen LogP contribution in [0.1, 0.15) is 34.6 Å². The van der Waals surface area contributed by atoms with Gasteiger partial charge in [0.05, 0.1) is 6.61 Å². The van der Waals surface area contributed by atoms with Gasteiger partial charge in [0.25, 0.3) is 0 Å². The predicted molar refractivity (Wildman–Crippen MR) is 98.6 cm³/mol. The molecule has 0 unspecified atom stereocenters. The summed E-state index contributed by atoms with van der Waals surface area (Å²) in [5.41, 5.74) is 0. The average Bonchev–Trinajstić information content (AvgIpc) is 2.53. The second kappa shape index (κ2) is 7.65. The minimum atomic E-state index is -2.00. The maximum Gasteiger partial charge on any atom is 0.220 e. The summed E-state index contributed by atoms with van der Waals surface area (Å²) >= 11 is 0. The van der Waals surface area contributed by atoms with E-state index < -0.39 is 38.2 Å². The first-order valence-corrected chi connectivity index (χ1v) is 11.4. The molecule has 1 saturated heterocycles. The summed E-state index contributed by atoms with van der Waals surface area (Å²) in [6.45, 7) is 14.5. The SMILES string of the molecule is C#C[C@@H](O)[C@H]1O[C@@](C)(OC)[C@](C)(OC)O[C@H]1CO[Si](C)(C)C(C)(C)C. The standard InChI is InChI=1S/C18H34O6Si/c1-11-13(19)15-14(12-22-25(9,10)16(2,3)4)23-17(5,20-7)18(6,21-8)24-15/h1,13-15,19H,12H2,2-10H3/t13-,14+,15-,17-,18-/m1/s1. The predicted octanol–water partition coefficient (Wildman–Crippen LogP) is 2.51. The van der Waals surface area contributed by atoms with Crippen molar-refractivity contribution in [3.8, 4) is 12.3 Å². The average molecular weight is 375 g/mol. The normalized spacial score (nSPS) is 35.2. The number of ether oxygens (including phenoxy) is 4. The van der Waals surface area contributed by atoms with E-state index in [1.165, 1.54) is 14.2 Å². The molecular formula is C18H34O6Si. The van der Waals surface area contributed by atoms with Gasteiger partial charge in [0.1, 0.15) is 18.3 Å². The highest BCUT2D eigenvalue weighted by molar-refractivity contribution is 6.74. The summed E-state index contributed by atoms with van der Waals surface area (Å²) in [5, 5.41) is 10.3. The molecule has 0 radical (unpaired) electrons. The summed E-state index contributed by atoms with van der Waals surface area (Å²) in [6, 6.07) is 0. The fourth-order valence-corrected chi connectivity index (χ4v) is 3.38. The molecule has 0 bridgehead atoms. The molecule has 1 heterocycles. The first kappa shape index (κ1) is 22.6. The lowest BCUT2D eigenvalue weighted by Crippen LogP contribution is -2.68. The smallest absolute Gasteiger partial charge is 0.220 e. The van der Waals surface area contributed by atoms with Gasteiger partial charge >= 0.3 is 0 Å². The second-order valence-corrected chi connectivity index (χ2v) is 13.0. The molecule has 5 atom stereocenters. The molecule has 1 rings (SSSR count). The van der Waals surface area contributed by atoms with Crippen LogP contribution in [-0.4, -0.2) is 64.1 Å². The number of terminal acetylenes is 1. The van der Waals surface area contributed by atoms with Gasteiger partial charge < -0.3 is 28.5 Å². The number of aliphatic hydroxyl groups is 1. The zero-order chi connectivity index (χ0) is 19.7. The fourth-order valence-electron chi connectivity index (χ4n) is 2.37. The molecule has 0 aromatic heterocycles. The van der Waals surface area contributed by atoms with Crippen LogP contribution in [0.5, 0.6) is 0 Å². The molecule has 1 fully saturated rings. The van der Waals surface area contributed by atoms with Gasteiger partial charge in [-0.3, -0.25) is 0 Å². The van der Waals surface area contributed by atoms with E-state index in [4.69, 9.17) is 29.8 Å². The van der Waals surface area contributed by atoms with Crippen molar-refractivity contribution in [2.24, 2.45) is 0 Å². The van der Waals surface area contributed by atoms with Gasteiger partial charge in [0, 0.05) is 14.2 Å². The van der Waals surface area contributed by atoms with Crippen LogP contribution in [0.4, 0.5) is 0 Å². The Balaban J connectivity index is 3.08. The quantitative estimate of drug-likeness (QED) is 0.569. The Morgan fingerprint density at radius 2 is 1.64 bits per heavy atom. The highest BCUT2D eigenvalue weighted by atomic mass is 28.4. The van der Waals surface area contributed by atoms with E-state index in [1.54, 1.807) is 13.8 Å². The molecule has 6 nitrogen and oxygen atoms in total. The van der Waals surface area contributed by atoms with Gasteiger partial charge in [-0.2, -0.15) is 0 Å². The van der Waals surface area contributed by atoms with E-state index in [-0.39, 0.29) is 11.6 Å². The van der Waals surface area contributed by atoms with E-state index in [9.17, 15) is 5.11 Å². The van der Waals surface area contributed by atoms with Crippen molar-refractivity contribution < 1.29 is 28.5 Å². The van der Waals surface area contributed by atoms with Gasteiger partial charge in [-0.15, -0.1) is 6.42 Å². The molecule has 1 N–H and O–H groups in total. The number of hydrogen-bond donors (Lipinski definition) is 1. The number of hydrogen-bond acceptors (Lipinski definition) is 6. The van der Waals surface area contributed by atoms with Gasteiger partial charge in [0.2, 0.25) is 11.6 Å². The van der Waals surface area contributed by atoms with E-state index in [1.807, 2.05) is 0 Å². The van der Waals surface area contributed by atoms with Gasteiger partial charge in [0.15, 0.2) is 8.32 Å². The molecule has 0 aromatic carbocycles. The van der Waals surface area contributed by atoms with E-state index in [2.05, 4.69) is 39.8 Å². The van der Waals surface area contributed by atoms with E-state index >= 15 is 0 Å². The molecule has 1 aliphatic heterocycles.